The van der Waals surface area contributed by atoms with Crippen molar-refractivity contribution in [1.82, 2.24) is 0 Å². The molecular formula is C14H19NO3. The lowest BCUT2D eigenvalue weighted by Gasteiger charge is -2.20. The number of carboxylic acid groups (broad SMARTS) is 1. The topological polar surface area (TPSA) is 60.8 Å². The van der Waals surface area contributed by atoms with Gasteiger partial charge < -0.3 is 15.1 Å². The molecule has 0 aromatic heterocycles. The van der Waals surface area contributed by atoms with Crippen LogP contribution in [0.1, 0.15) is 31.2 Å². The van der Waals surface area contributed by atoms with Crippen molar-refractivity contribution >= 4 is 11.7 Å². The smallest absolute Gasteiger partial charge is 0.304 e. The second kappa shape index (κ2) is 5.40. The fourth-order valence-electron chi connectivity index (χ4n) is 2.52. The van der Waals surface area contributed by atoms with Gasteiger partial charge in [-0.1, -0.05) is 18.2 Å². The Kier molecular flexibility index (Phi) is 3.87. The molecule has 1 aliphatic heterocycles. The molecule has 18 heavy (non-hydrogen) atoms. The molecule has 2 rings (SSSR count). The molecule has 2 N–H and O–H groups in total. The van der Waals surface area contributed by atoms with Crippen molar-refractivity contribution in [2.75, 3.05) is 18.0 Å². The fraction of sp³-hybridized carbons (Fsp3) is 0.500. The Labute approximate surface area is 107 Å². The number of nitrogens with zero attached hydrogens (tertiary/aromatic N) is 1. The lowest BCUT2D eigenvalue weighted by atomic mass is 9.98. The normalized spacial score (nSPS) is 19.7. The molecule has 0 spiro atoms. The molecule has 2 atom stereocenters. The van der Waals surface area contributed by atoms with Gasteiger partial charge in [-0.15, -0.1) is 0 Å². The number of benzene rings is 1. The molecule has 4 heteroatoms. The molecule has 0 saturated heterocycles. The van der Waals surface area contributed by atoms with E-state index in [2.05, 4.69) is 4.90 Å². The number of carbonyl (C=O) groups is 1. The highest BCUT2D eigenvalue weighted by atomic mass is 16.4. The van der Waals surface area contributed by atoms with Crippen molar-refractivity contribution in [2.24, 2.45) is 0 Å². The molecule has 1 heterocycles. The maximum atomic E-state index is 10.9. The molecule has 0 radical (unpaired) electrons. The number of fused-ring (bicyclic) bond motifs is 1. The Hall–Kier alpha value is -1.55. The van der Waals surface area contributed by atoms with Crippen molar-refractivity contribution < 1.29 is 15.0 Å². The average molecular weight is 249 g/mol. The summed E-state index contributed by atoms with van der Waals surface area (Å²) in [7, 11) is 0. The summed E-state index contributed by atoms with van der Waals surface area (Å²) < 4.78 is 0. The number of hydrogen-bond donors (Lipinski definition) is 2. The first kappa shape index (κ1) is 12.9. The van der Waals surface area contributed by atoms with E-state index in [1.807, 2.05) is 24.3 Å². The zero-order valence-electron chi connectivity index (χ0n) is 10.5. The van der Waals surface area contributed by atoms with Crippen LogP contribution in [-0.2, 0) is 4.79 Å². The van der Waals surface area contributed by atoms with Crippen LogP contribution < -0.4 is 4.90 Å². The number of anilines is 1. The molecule has 0 fully saturated rings. The summed E-state index contributed by atoms with van der Waals surface area (Å²) in [5.74, 6) is -0.695. The van der Waals surface area contributed by atoms with Crippen LogP contribution in [0, 0.1) is 0 Å². The zero-order chi connectivity index (χ0) is 13.1. The van der Waals surface area contributed by atoms with Gasteiger partial charge in [0, 0.05) is 24.7 Å². The second-order valence-corrected chi connectivity index (χ2v) is 4.94. The van der Waals surface area contributed by atoms with Gasteiger partial charge in [0.2, 0.25) is 0 Å². The van der Waals surface area contributed by atoms with Gasteiger partial charge in [-0.25, -0.2) is 0 Å². The number of carboxylic acids is 1. The van der Waals surface area contributed by atoms with Crippen molar-refractivity contribution in [2.45, 2.75) is 31.8 Å². The number of hydrogen-bond acceptors (Lipinski definition) is 3. The first-order valence-corrected chi connectivity index (χ1v) is 6.31. The average Bonchev–Trinajstić information content (AvgIpc) is 2.65. The Bertz CT molecular complexity index is 431. The lowest BCUT2D eigenvalue weighted by molar-refractivity contribution is -0.137. The molecular weight excluding hydrogens is 230 g/mol. The van der Waals surface area contributed by atoms with Crippen LogP contribution in [0.25, 0.3) is 0 Å². The molecule has 1 aromatic carbocycles. The van der Waals surface area contributed by atoms with Crippen LogP contribution in [-0.4, -0.2) is 35.4 Å². The van der Waals surface area contributed by atoms with E-state index in [1.165, 1.54) is 0 Å². The van der Waals surface area contributed by atoms with Gasteiger partial charge in [0.05, 0.1) is 12.5 Å². The lowest BCUT2D eigenvalue weighted by Crippen LogP contribution is -2.26. The van der Waals surface area contributed by atoms with E-state index in [4.69, 9.17) is 5.11 Å². The minimum atomic E-state index is -0.757. The van der Waals surface area contributed by atoms with Crippen LogP contribution in [0.5, 0.6) is 0 Å². The molecule has 1 aliphatic rings. The highest BCUT2D eigenvalue weighted by molar-refractivity contribution is 5.71. The van der Waals surface area contributed by atoms with Crippen molar-refractivity contribution in [3.05, 3.63) is 29.8 Å². The van der Waals surface area contributed by atoms with Crippen molar-refractivity contribution in [1.29, 1.82) is 0 Å². The van der Waals surface area contributed by atoms with Gasteiger partial charge in [0.1, 0.15) is 0 Å². The highest BCUT2D eigenvalue weighted by Gasteiger charge is 2.29. The van der Waals surface area contributed by atoms with E-state index in [0.29, 0.717) is 6.42 Å². The minimum Gasteiger partial charge on any atom is -0.481 e. The van der Waals surface area contributed by atoms with Crippen LogP contribution in [0.15, 0.2) is 24.3 Å². The maximum absolute atomic E-state index is 10.9. The molecule has 4 nitrogen and oxygen atoms in total. The first-order chi connectivity index (χ1) is 8.58. The van der Waals surface area contributed by atoms with Gasteiger partial charge in [-0.3, -0.25) is 4.79 Å². The highest BCUT2D eigenvalue weighted by Crippen LogP contribution is 2.37. The third-order valence-corrected chi connectivity index (χ3v) is 3.40. The van der Waals surface area contributed by atoms with E-state index < -0.39 is 5.97 Å². The standard InChI is InChI=1S/C14H19NO3/c1-10(16)6-7-15-9-11(8-14(17)18)12-4-2-3-5-13(12)15/h2-5,10-11,16H,6-9H2,1H3,(H,17,18). The summed E-state index contributed by atoms with van der Waals surface area (Å²) in [6.45, 7) is 3.28. The summed E-state index contributed by atoms with van der Waals surface area (Å²) in [4.78, 5) is 13.1. The third kappa shape index (κ3) is 2.82. The summed E-state index contributed by atoms with van der Waals surface area (Å²) >= 11 is 0. The predicted molar refractivity (Wildman–Crippen MR) is 69.9 cm³/mol. The number of rotatable bonds is 5. The van der Waals surface area contributed by atoms with Crippen molar-refractivity contribution in [3.63, 3.8) is 0 Å². The SMILES string of the molecule is CC(O)CCN1CC(CC(=O)O)c2ccccc21. The number of aliphatic hydroxyl groups is 1. The number of aliphatic hydroxyl groups excluding tert-OH is 1. The summed E-state index contributed by atoms with van der Waals surface area (Å²) in [6, 6.07) is 7.95. The third-order valence-electron chi connectivity index (χ3n) is 3.40. The summed E-state index contributed by atoms with van der Waals surface area (Å²) in [6.07, 6.45) is 0.548. The van der Waals surface area contributed by atoms with Crippen LogP contribution in [0.3, 0.4) is 0 Å². The monoisotopic (exact) mass is 249 g/mol. The van der Waals surface area contributed by atoms with Crippen molar-refractivity contribution in [3.8, 4) is 0 Å². The van der Waals surface area contributed by atoms with Gasteiger partial charge in [0.15, 0.2) is 0 Å². The quantitative estimate of drug-likeness (QED) is 0.836. The second-order valence-electron chi connectivity index (χ2n) is 4.94. The first-order valence-electron chi connectivity index (χ1n) is 6.31. The van der Waals surface area contributed by atoms with Gasteiger partial charge >= 0.3 is 5.97 Å². The van der Waals surface area contributed by atoms with E-state index in [1.54, 1.807) is 6.92 Å². The van der Waals surface area contributed by atoms with Crippen LogP contribution >= 0.6 is 0 Å². The van der Waals surface area contributed by atoms with E-state index >= 15 is 0 Å². The molecule has 0 bridgehead atoms. The van der Waals surface area contributed by atoms with Crippen LogP contribution in [0.2, 0.25) is 0 Å². The molecule has 98 valence electrons. The van der Waals surface area contributed by atoms with Gasteiger partial charge in [0.25, 0.3) is 0 Å². The number of aliphatic carboxylic acids is 1. The van der Waals surface area contributed by atoms with Gasteiger partial charge in [-0.05, 0) is 25.0 Å². The Morgan fingerprint density at radius 2 is 2.22 bits per heavy atom. The van der Waals surface area contributed by atoms with E-state index in [9.17, 15) is 9.90 Å². The largest absolute Gasteiger partial charge is 0.481 e. The Morgan fingerprint density at radius 3 is 2.89 bits per heavy atom. The molecule has 0 amide bonds. The zero-order valence-corrected chi connectivity index (χ0v) is 10.5. The molecule has 2 unspecified atom stereocenters. The maximum Gasteiger partial charge on any atom is 0.304 e. The summed E-state index contributed by atoms with van der Waals surface area (Å²) in [5.41, 5.74) is 2.23. The molecule has 0 aliphatic carbocycles. The molecule has 1 aromatic rings. The Balaban J connectivity index is 2.14. The minimum absolute atomic E-state index is 0.0627. The van der Waals surface area contributed by atoms with Crippen LogP contribution in [0.4, 0.5) is 5.69 Å². The van der Waals surface area contributed by atoms with E-state index in [-0.39, 0.29) is 18.4 Å². The number of para-hydroxylation sites is 1. The van der Waals surface area contributed by atoms with Gasteiger partial charge in [-0.2, -0.15) is 0 Å². The van der Waals surface area contributed by atoms with E-state index in [0.717, 1.165) is 24.3 Å². The fourth-order valence-corrected chi connectivity index (χ4v) is 2.52. The summed E-state index contributed by atoms with van der Waals surface area (Å²) in [5, 5.41) is 18.3. The molecule has 0 saturated carbocycles. The Morgan fingerprint density at radius 1 is 1.50 bits per heavy atom. The predicted octanol–water partition coefficient (Wildman–Crippen LogP) is 1.84.